The third-order valence-electron chi connectivity index (χ3n) is 2.45. The lowest BCUT2D eigenvalue weighted by Crippen LogP contribution is -2.31. The maximum Gasteiger partial charge on any atom is 0.145 e. The predicted molar refractivity (Wildman–Crippen MR) is 42.3 cm³/mol. The molecule has 0 saturated heterocycles. The number of hydrogen-bond acceptors (Lipinski definition) is 2. The third-order valence-corrected chi connectivity index (χ3v) is 2.45. The molecule has 0 spiro atoms. The van der Waals surface area contributed by atoms with E-state index in [1.54, 1.807) is 13.8 Å². The monoisotopic (exact) mass is 154 g/mol. The molecule has 62 valence electrons. The van der Waals surface area contributed by atoms with E-state index in [0.29, 0.717) is 12.8 Å². The summed E-state index contributed by atoms with van der Waals surface area (Å²) in [5, 5.41) is 0. The minimum atomic E-state index is -0.698. The van der Waals surface area contributed by atoms with Crippen molar-refractivity contribution in [2.24, 2.45) is 5.41 Å². The Balaban J connectivity index is 2.84. The molecule has 0 N–H and O–H groups in total. The third kappa shape index (κ3) is 1.50. The van der Waals surface area contributed by atoms with Gasteiger partial charge in [-0.2, -0.15) is 0 Å². The molecule has 0 aromatic carbocycles. The van der Waals surface area contributed by atoms with E-state index in [1.807, 2.05) is 0 Å². The van der Waals surface area contributed by atoms with Gasteiger partial charge in [-0.25, -0.2) is 0 Å². The van der Waals surface area contributed by atoms with Gasteiger partial charge in [0.1, 0.15) is 11.6 Å². The van der Waals surface area contributed by atoms with Crippen molar-refractivity contribution in [1.29, 1.82) is 0 Å². The molecule has 11 heavy (non-hydrogen) atoms. The van der Waals surface area contributed by atoms with Crippen LogP contribution < -0.4 is 0 Å². The Hall–Kier alpha value is -0.660. The zero-order chi connectivity index (χ0) is 8.48. The zero-order valence-corrected chi connectivity index (χ0v) is 7.14. The lowest BCUT2D eigenvalue weighted by atomic mass is 9.83. The van der Waals surface area contributed by atoms with Crippen LogP contribution in [-0.4, -0.2) is 11.6 Å². The fourth-order valence-corrected chi connectivity index (χ4v) is 1.35. The van der Waals surface area contributed by atoms with Crippen molar-refractivity contribution in [1.82, 2.24) is 0 Å². The molecule has 2 heteroatoms. The number of carbonyl (C=O) groups is 2. The Morgan fingerprint density at radius 1 is 1.00 bits per heavy atom. The van der Waals surface area contributed by atoms with Crippen LogP contribution >= 0.6 is 0 Å². The van der Waals surface area contributed by atoms with Gasteiger partial charge in [-0.05, 0) is 26.7 Å². The topological polar surface area (TPSA) is 34.1 Å². The van der Waals surface area contributed by atoms with Gasteiger partial charge in [0, 0.05) is 12.8 Å². The normalized spacial score (nSPS) is 24.9. The van der Waals surface area contributed by atoms with Crippen molar-refractivity contribution in [2.75, 3.05) is 0 Å². The van der Waals surface area contributed by atoms with Crippen LogP contribution in [0.5, 0.6) is 0 Å². The maximum absolute atomic E-state index is 11.3. The molecule has 0 bridgehead atoms. The van der Waals surface area contributed by atoms with Gasteiger partial charge in [-0.3, -0.25) is 9.59 Å². The minimum absolute atomic E-state index is 0.111. The van der Waals surface area contributed by atoms with Crippen LogP contribution in [0.3, 0.4) is 0 Å². The molecule has 0 heterocycles. The highest BCUT2D eigenvalue weighted by Crippen LogP contribution is 2.27. The summed E-state index contributed by atoms with van der Waals surface area (Å²) >= 11 is 0. The van der Waals surface area contributed by atoms with Crippen LogP contribution in [0.1, 0.15) is 39.5 Å². The van der Waals surface area contributed by atoms with Crippen LogP contribution in [0, 0.1) is 5.41 Å². The first-order valence-electron chi connectivity index (χ1n) is 4.12. The van der Waals surface area contributed by atoms with E-state index >= 15 is 0 Å². The van der Waals surface area contributed by atoms with Crippen molar-refractivity contribution in [2.45, 2.75) is 39.5 Å². The van der Waals surface area contributed by atoms with Gasteiger partial charge < -0.3 is 0 Å². The summed E-state index contributed by atoms with van der Waals surface area (Å²) in [5.74, 6) is 0.222. The predicted octanol–water partition coefficient (Wildman–Crippen LogP) is 1.72. The highest BCUT2D eigenvalue weighted by Gasteiger charge is 2.35. The molecule has 0 aliphatic heterocycles. The quantitative estimate of drug-likeness (QED) is 0.393. The molecule has 0 unspecified atom stereocenters. The van der Waals surface area contributed by atoms with Crippen molar-refractivity contribution in [3.8, 4) is 0 Å². The van der Waals surface area contributed by atoms with Crippen molar-refractivity contribution >= 4 is 11.6 Å². The number of rotatable bonds is 0. The Bertz CT molecular complexity index is 172. The Kier molecular flexibility index (Phi) is 2.12. The summed E-state index contributed by atoms with van der Waals surface area (Å²) in [6, 6.07) is 0. The lowest BCUT2D eigenvalue weighted by Gasteiger charge is -2.17. The summed E-state index contributed by atoms with van der Waals surface area (Å²) in [6.45, 7) is 3.48. The largest absolute Gasteiger partial charge is 0.299 e. The molecule has 1 rings (SSSR count). The first kappa shape index (κ1) is 8.44. The van der Waals surface area contributed by atoms with Crippen LogP contribution in [-0.2, 0) is 9.59 Å². The first-order valence-corrected chi connectivity index (χ1v) is 4.12. The Morgan fingerprint density at radius 3 is 1.73 bits per heavy atom. The van der Waals surface area contributed by atoms with Gasteiger partial charge >= 0.3 is 0 Å². The van der Waals surface area contributed by atoms with E-state index in [9.17, 15) is 9.59 Å². The number of ketones is 2. The van der Waals surface area contributed by atoms with Gasteiger partial charge in [0.25, 0.3) is 0 Å². The number of carbonyl (C=O) groups excluding carboxylic acids is 2. The molecular weight excluding hydrogens is 140 g/mol. The maximum atomic E-state index is 11.3. The van der Waals surface area contributed by atoms with Gasteiger partial charge in [0.2, 0.25) is 0 Å². The standard InChI is InChI=1S/C9H14O2/c1-9(2)7(10)5-3-4-6-8(9)11/h3-6H2,1-2H3. The van der Waals surface area contributed by atoms with Crippen LogP contribution in [0.15, 0.2) is 0 Å². The average Bonchev–Trinajstić information content (AvgIpc) is 2.03. The Morgan fingerprint density at radius 2 is 1.36 bits per heavy atom. The van der Waals surface area contributed by atoms with E-state index in [2.05, 4.69) is 0 Å². The summed E-state index contributed by atoms with van der Waals surface area (Å²) in [5.41, 5.74) is -0.698. The smallest absolute Gasteiger partial charge is 0.145 e. The van der Waals surface area contributed by atoms with Crippen LogP contribution in [0.25, 0.3) is 0 Å². The second kappa shape index (κ2) is 2.76. The first-order chi connectivity index (χ1) is 5.05. The molecule has 2 nitrogen and oxygen atoms in total. The summed E-state index contributed by atoms with van der Waals surface area (Å²) in [6.07, 6.45) is 2.93. The van der Waals surface area contributed by atoms with Crippen molar-refractivity contribution < 1.29 is 9.59 Å². The van der Waals surface area contributed by atoms with E-state index in [0.717, 1.165) is 12.8 Å². The van der Waals surface area contributed by atoms with Crippen molar-refractivity contribution in [3.63, 3.8) is 0 Å². The van der Waals surface area contributed by atoms with E-state index in [4.69, 9.17) is 0 Å². The molecule has 1 aliphatic rings. The van der Waals surface area contributed by atoms with E-state index in [1.165, 1.54) is 0 Å². The number of hydrogen-bond donors (Lipinski definition) is 0. The highest BCUT2D eigenvalue weighted by molar-refractivity contribution is 6.06. The molecule has 0 amide bonds. The molecule has 1 fully saturated rings. The van der Waals surface area contributed by atoms with Crippen molar-refractivity contribution in [3.05, 3.63) is 0 Å². The van der Waals surface area contributed by atoms with E-state index in [-0.39, 0.29) is 11.6 Å². The molecule has 0 aromatic rings. The second-order valence-electron chi connectivity index (χ2n) is 3.68. The molecule has 0 aromatic heterocycles. The Labute approximate surface area is 67.0 Å². The van der Waals surface area contributed by atoms with Gasteiger partial charge in [-0.15, -0.1) is 0 Å². The molecule has 0 atom stereocenters. The average molecular weight is 154 g/mol. The summed E-state index contributed by atoms with van der Waals surface area (Å²) in [7, 11) is 0. The fourth-order valence-electron chi connectivity index (χ4n) is 1.35. The van der Waals surface area contributed by atoms with Gasteiger partial charge in [0.15, 0.2) is 0 Å². The second-order valence-corrected chi connectivity index (χ2v) is 3.68. The zero-order valence-electron chi connectivity index (χ0n) is 7.14. The van der Waals surface area contributed by atoms with Crippen LogP contribution in [0.2, 0.25) is 0 Å². The van der Waals surface area contributed by atoms with Crippen LogP contribution in [0.4, 0.5) is 0 Å². The molecular formula is C9H14O2. The summed E-state index contributed by atoms with van der Waals surface area (Å²) in [4.78, 5) is 22.7. The minimum Gasteiger partial charge on any atom is -0.299 e. The molecule has 0 radical (unpaired) electrons. The number of Topliss-reactive ketones (excluding diaryl/α,β-unsaturated/α-hetero) is 2. The summed E-state index contributed by atoms with van der Waals surface area (Å²) < 4.78 is 0. The SMILES string of the molecule is CC1(C)C(=O)CCCCC1=O. The van der Waals surface area contributed by atoms with E-state index < -0.39 is 5.41 Å². The van der Waals surface area contributed by atoms with Gasteiger partial charge in [-0.1, -0.05) is 0 Å². The lowest BCUT2D eigenvalue weighted by molar-refractivity contribution is -0.137. The molecule has 1 saturated carbocycles. The fraction of sp³-hybridized carbons (Fsp3) is 0.778. The molecule has 1 aliphatic carbocycles. The highest BCUT2D eigenvalue weighted by atomic mass is 16.2. The van der Waals surface area contributed by atoms with Gasteiger partial charge in [0.05, 0.1) is 5.41 Å².